The lowest BCUT2D eigenvalue weighted by Crippen LogP contribution is -2.13. The number of aryl methyl sites for hydroxylation is 1. The van der Waals surface area contributed by atoms with E-state index in [-0.39, 0.29) is 11.0 Å². The SMILES string of the molecule is Cc1ccc(-c2n[nH]c(S(N)(=O)=O)n2)cn1. The zero-order chi connectivity index (χ0) is 11.8. The fraction of sp³-hybridized carbons (Fsp3) is 0.125. The standard InChI is InChI=1S/C8H9N5O2S/c1-5-2-3-6(4-10-5)7-11-8(13-12-7)16(9,14)15/h2-4H,1H3,(H2,9,14,15)(H,11,12,13). The molecule has 0 aromatic carbocycles. The van der Waals surface area contributed by atoms with E-state index in [1.54, 1.807) is 18.3 Å². The van der Waals surface area contributed by atoms with Crippen molar-refractivity contribution >= 4 is 10.0 Å². The highest BCUT2D eigenvalue weighted by molar-refractivity contribution is 7.89. The number of sulfonamides is 1. The third-order valence-electron chi connectivity index (χ3n) is 1.90. The number of aromatic amines is 1. The van der Waals surface area contributed by atoms with E-state index in [0.717, 1.165) is 5.69 Å². The van der Waals surface area contributed by atoms with Crippen LogP contribution < -0.4 is 5.14 Å². The smallest absolute Gasteiger partial charge is 0.261 e. The molecule has 0 radical (unpaired) electrons. The molecule has 0 amide bonds. The largest absolute Gasteiger partial charge is 0.273 e. The minimum Gasteiger partial charge on any atom is -0.261 e. The number of hydrogen-bond acceptors (Lipinski definition) is 5. The molecule has 8 heteroatoms. The predicted octanol–water partition coefficient (Wildman–Crippen LogP) is -0.177. The fourth-order valence-corrected chi connectivity index (χ4v) is 1.49. The molecule has 0 aliphatic carbocycles. The first kappa shape index (κ1) is 10.7. The van der Waals surface area contributed by atoms with E-state index in [9.17, 15) is 8.42 Å². The summed E-state index contributed by atoms with van der Waals surface area (Å²) in [5.41, 5.74) is 1.47. The summed E-state index contributed by atoms with van der Waals surface area (Å²) in [6, 6.07) is 3.53. The molecule has 0 saturated heterocycles. The Kier molecular flexibility index (Phi) is 2.44. The van der Waals surface area contributed by atoms with Gasteiger partial charge in [-0.05, 0) is 19.1 Å². The molecular formula is C8H9N5O2S. The Morgan fingerprint density at radius 3 is 2.62 bits per heavy atom. The zero-order valence-electron chi connectivity index (χ0n) is 8.38. The van der Waals surface area contributed by atoms with E-state index in [0.29, 0.717) is 5.56 Å². The molecule has 7 nitrogen and oxygen atoms in total. The topological polar surface area (TPSA) is 115 Å². The third kappa shape index (κ3) is 2.07. The van der Waals surface area contributed by atoms with Gasteiger partial charge in [-0.1, -0.05) is 0 Å². The van der Waals surface area contributed by atoms with Crippen molar-refractivity contribution in [1.82, 2.24) is 20.2 Å². The van der Waals surface area contributed by atoms with Gasteiger partial charge in [0.15, 0.2) is 5.82 Å². The van der Waals surface area contributed by atoms with Crippen LogP contribution in [0.1, 0.15) is 5.69 Å². The van der Waals surface area contributed by atoms with Crippen LogP contribution in [0.4, 0.5) is 0 Å². The van der Waals surface area contributed by atoms with Crippen molar-refractivity contribution in [3.63, 3.8) is 0 Å². The molecule has 3 N–H and O–H groups in total. The number of H-pyrrole nitrogens is 1. The maximum Gasteiger partial charge on any atom is 0.273 e. The van der Waals surface area contributed by atoms with Crippen molar-refractivity contribution in [3.05, 3.63) is 24.0 Å². The van der Waals surface area contributed by atoms with Crippen molar-refractivity contribution in [3.8, 4) is 11.4 Å². The predicted molar refractivity (Wildman–Crippen MR) is 55.7 cm³/mol. The highest BCUT2D eigenvalue weighted by Crippen LogP contribution is 2.14. The minimum absolute atomic E-state index is 0.247. The van der Waals surface area contributed by atoms with E-state index in [2.05, 4.69) is 20.2 Å². The second kappa shape index (κ2) is 3.65. The molecule has 16 heavy (non-hydrogen) atoms. The first-order chi connectivity index (χ1) is 7.47. The molecule has 0 aliphatic heterocycles. The summed E-state index contributed by atoms with van der Waals surface area (Å²) in [5, 5.41) is 10.5. The number of rotatable bonds is 2. The molecule has 0 spiro atoms. The molecule has 0 atom stereocenters. The van der Waals surface area contributed by atoms with Gasteiger partial charge >= 0.3 is 0 Å². The monoisotopic (exact) mass is 239 g/mol. The lowest BCUT2D eigenvalue weighted by Gasteiger charge is -1.94. The Balaban J connectivity index is 2.43. The van der Waals surface area contributed by atoms with Crippen LogP contribution in [0.3, 0.4) is 0 Å². The Labute approximate surface area is 91.8 Å². The second-order valence-corrected chi connectivity index (χ2v) is 4.67. The van der Waals surface area contributed by atoms with Crippen LogP contribution in [0.2, 0.25) is 0 Å². The molecule has 0 bridgehead atoms. The Morgan fingerprint density at radius 2 is 2.12 bits per heavy atom. The number of pyridine rings is 1. The number of nitrogens with two attached hydrogens (primary N) is 1. The van der Waals surface area contributed by atoms with Crippen LogP contribution in [0.25, 0.3) is 11.4 Å². The van der Waals surface area contributed by atoms with Gasteiger partial charge in [-0.25, -0.2) is 18.7 Å². The van der Waals surface area contributed by atoms with Crippen molar-refractivity contribution < 1.29 is 8.42 Å². The van der Waals surface area contributed by atoms with Crippen molar-refractivity contribution in [2.75, 3.05) is 0 Å². The van der Waals surface area contributed by atoms with Crippen molar-refractivity contribution in [2.45, 2.75) is 12.1 Å². The average Bonchev–Trinajstić information content (AvgIpc) is 2.67. The Bertz CT molecular complexity index is 602. The number of primary sulfonamides is 1. The Hall–Kier alpha value is -1.80. The molecular weight excluding hydrogens is 230 g/mol. The summed E-state index contributed by atoms with van der Waals surface area (Å²) in [7, 11) is -3.85. The molecule has 2 aromatic rings. The molecule has 84 valence electrons. The lowest BCUT2D eigenvalue weighted by atomic mass is 10.2. The highest BCUT2D eigenvalue weighted by atomic mass is 32.2. The number of hydrogen-bond donors (Lipinski definition) is 2. The molecule has 2 rings (SSSR count). The fourth-order valence-electron chi connectivity index (χ4n) is 1.10. The molecule has 2 aromatic heterocycles. The second-order valence-electron chi connectivity index (χ2n) is 3.20. The molecule has 0 aliphatic rings. The van der Waals surface area contributed by atoms with E-state index < -0.39 is 10.0 Å². The van der Waals surface area contributed by atoms with Gasteiger partial charge in [0.1, 0.15) is 0 Å². The van der Waals surface area contributed by atoms with Gasteiger partial charge in [0.25, 0.3) is 15.2 Å². The molecule has 0 saturated carbocycles. The van der Waals surface area contributed by atoms with E-state index in [1.165, 1.54) is 0 Å². The number of nitrogens with zero attached hydrogens (tertiary/aromatic N) is 3. The third-order valence-corrected chi connectivity index (χ3v) is 2.63. The van der Waals surface area contributed by atoms with Gasteiger partial charge in [0.05, 0.1) is 0 Å². The quantitative estimate of drug-likeness (QED) is 0.754. The van der Waals surface area contributed by atoms with E-state index in [1.807, 2.05) is 6.92 Å². The summed E-state index contributed by atoms with van der Waals surface area (Å²) >= 11 is 0. The van der Waals surface area contributed by atoms with Gasteiger partial charge in [0.2, 0.25) is 0 Å². The van der Waals surface area contributed by atoms with Crippen molar-refractivity contribution in [2.24, 2.45) is 5.14 Å². The summed E-state index contributed by atoms with van der Waals surface area (Å²) in [5.74, 6) is 0.247. The molecule has 2 heterocycles. The summed E-state index contributed by atoms with van der Waals surface area (Å²) in [6.45, 7) is 1.84. The van der Waals surface area contributed by atoms with Gasteiger partial charge in [-0.3, -0.25) is 4.98 Å². The van der Waals surface area contributed by atoms with Gasteiger partial charge < -0.3 is 0 Å². The van der Waals surface area contributed by atoms with Crippen LogP contribution in [0, 0.1) is 6.92 Å². The van der Waals surface area contributed by atoms with Gasteiger partial charge in [0, 0.05) is 17.5 Å². The van der Waals surface area contributed by atoms with Crippen molar-refractivity contribution in [1.29, 1.82) is 0 Å². The maximum absolute atomic E-state index is 11.0. The summed E-state index contributed by atoms with van der Waals surface area (Å²) < 4.78 is 21.9. The number of nitrogens with one attached hydrogen (secondary N) is 1. The first-order valence-electron chi connectivity index (χ1n) is 4.35. The molecule has 0 fully saturated rings. The van der Waals surface area contributed by atoms with Crippen LogP contribution in [-0.2, 0) is 10.0 Å². The average molecular weight is 239 g/mol. The highest BCUT2D eigenvalue weighted by Gasteiger charge is 2.14. The van der Waals surface area contributed by atoms with Crippen LogP contribution in [-0.4, -0.2) is 28.6 Å². The van der Waals surface area contributed by atoms with Gasteiger partial charge in [-0.15, -0.1) is 0 Å². The normalized spacial score (nSPS) is 11.6. The number of aromatic nitrogens is 4. The Morgan fingerprint density at radius 1 is 1.38 bits per heavy atom. The summed E-state index contributed by atoms with van der Waals surface area (Å²) in [4.78, 5) is 7.81. The molecule has 0 unspecified atom stereocenters. The van der Waals surface area contributed by atoms with Crippen LogP contribution in [0.15, 0.2) is 23.5 Å². The summed E-state index contributed by atoms with van der Waals surface area (Å²) in [6.07, 6.45) is 1.56. The first-order valence-corrected chi connectivity index (χ1v) is 5.90. The maximum atomic E-state index is 11.0. The van der Waals surface area contributed by atoms with Gasteiger partial charge in [-0.2, -0.15) is 10.1 Å². The van der Waals surface area contributed by atoms with E-state index >= 15 is 0 Å². The van der Waals surface area contributed by atoms with Crippen LogP contribution >= 0.6 is 0 Å². The lowest BCUT2D eigenvalue weighted by molar-refractivity contribution is 0.589. The van der Waals surface area contributed by atoms with E-state index in [4.69, 9.17) is 5.14 Å². The zero-order valence-corrected chi connectivity index (χ0v) is 9.19. The minimum atomic E-state index is -3.85. The van der Waals surface area contributed by atoms with Crippen LogP contribution in [0.5, 0.6) is 0 Å².